The number of nitrogens with one attached hydrogen (secondary N) is 1. The summed E-state index contributed by atoms with van der Waals surface area (Å²) in [5, 5.41) is 4.65. The molecule has 1 aromatic heterocycles. The molecule has 3 rings (SSSR count). The predicted octanol–water partition coefficient (Wildman–Crippen LogP) is 2.84. The van der Waals surface area contributed by atoms with Crippen molar-refractivity contribution in [3.05, 3.63) is 58.6 Å². The smallest absolute Gasteiger partial charge is 0.202 e. The van der Waals surface area contributed by atoms with Gasteiger partial charge in [0.2, 0.25) is 4.77 Å². The number of hydrogen-bond donors (Lipinski definition) is 1. The number of halogens is 1. The molecule has 0 aliphatic carbocycles. The van der Waals surface area contributed by atoms with Crippen LogP contribution >= 0.6 is 12.2 Å². The maximum atomic E-state index is 13.2. The van der Waals surface area contributed by atoms with Crippen molar-refractivity contribution in [2.24, 2.45) is 7.05 Å². The molecule has 0 bridgehead atoms. The van der Waals surface area contributed by atoms with E-state index in [4.69, 9.17) is 21.7 Å². The summed E-state index contributed by atoms with van der Waals surface area (Å²) in [5.41, 5.74) is 1.96. The Balaban J connectivity index is 1.76. The lowest BCUT2D eigenvalue weighted by molar-refractivity contribution is -0.917. The molecule has 1 N–H and O–H groups in total. The largest absolute Gasteiger partial charge is 0.493 e. The molecule has 0 aliphatic rings. The lowest BCUT2D eigenvalue weighted by Gasteiger charge is -2.15. The number of nitrogens with zero attached hydrogens (tertiary/aromatic N) is 3. The third-order valence-electron chi connectivity index (χ3n) is 4.60. The van der Waals surface area contributed by atoms with Gasteiger partial charge in [-0.05, 0) is 61.6 Å². The van der Waals surface area contributed by atoms with Crippen molar-refractivity contribution in [1.82, 2.24) is 14.3 Å². The average Bonchev–Trinajstić information content (AvgIpc) is 2.98. The molecule has 2 aromatic carbocycles. The van der Waals surface area contributed by atoms with Gasteiger partial charge in [0.05, 0.1) is 20.8 Å². The van der Waals surface area contributed by atoms with Crippen LogP contribution in [0.5, 0.6) is 11.5 Å². The topological polar surface area (TPSA) is 45.7 Å². The van der Waals surface area contributed by atoms with Gasteiger partial charge in [0.15, 0.2) is 24.0 Å². The van der Waals surface area contributed by atoms with E-state index in [9.17, 15) is 4.39 Å². The minimum absolute atomic E-state index is 0.274. The fourth-order valence-corrected chi connectivity index (χ4v) is 3.39. The Morgan fingerprint density at radius 3 is 2.52 bits per heavy atom. The van der Waals surface area contributed by atoms with Crippen LogP contribution < -0.4 is 14.4 Å². The lowest BCUT2D eigenvalue weighted by atomic mass is 10.2. The van der Waals surface area contributed by atoms with Crippen LogP contribution in [0.2, 0.25) is 0 Å². The van der Waals surface area contributed by atoms with E-state index in [-0.39, 0.29) is 5.82 Å². The van der Waals surface area contributed by atoms with Crippen LogP contribution in [0, 0.1) is 10.6 Å². The first-order valence-electron chi connectivity index (χ1n) is 9.43. The van der Waals surface area contributed by atoms with E-state index in [1.165, 1.54) is 17.0 Å². The van der Waals surface area contributed by atoms with Gasteiger partial charge in [-0.15, -0.1) is 5.10 Å². The van der Waals surface area contributed by atoms with Crippen molar-refractivity contribution in [2.45, 2.75) is 20.1 Å². The SMILES string of the molecule is CCOc1ccc(C[NH+](C)Cn2nc(-c3ccc(F)cc3)n(C)c2=S)cc1OC. The molecule has 1 atom stereocenters. The third kappa shape index (κ3) is 4.83. The second-order valence-electron chi connectivity index (χ2n) is 6.88. The van der Waals surface area contributed by atoms with Gasteiger partial charge in [-0.25, -0.2) is 4.39 Å². The second kappa shape index (κ2) is 9.19. The number of methoxy groups -OCH3 is 1. The zero-order chi connectivity index (χ0) is 21.0. The fraction of sp³-hybridized carbons (Fsp3) is 0.333. The molecule has 3 aromatic rings. The maximum Gasteiger partial charge on any atom is 0.202 e. The zero-order valence-electron chi connectivity index (χ0n) is 17.1. The maximum absolute atomic E-state index is 13.2. The first-order valence-corrected chi connectivity index (χ1v) is 9.84. The minimum atomic E-state index is -0.274. The molecule has 1 unspecified atom stereocenters. The predicted molar refractivity (Wildman–Crippen MR) is 112 cm³/mol. The molecule has 0 saturated heterocycles. The molecular weight excluding hydrogens is 391 g/mol. The monoisotopic (exact) mass is 417 g/mol. The Morgan fingerprint density at radius 2 is 1.86 bits per heavy atom. The van der Waals surface area contributed by atoms with Crippen LogP contribution in [0.3, 0.4) is 0 Å². The number of rotatable bonds is 8. The molecule has 8 heteroatoms. The molecule has 0 spiro atoms. The highest BCUT2D eigenvalue weighted by atomic mass is 32.1. The van der Waals surface area contributed by atoms with Crippen molar-refractivity contribution in [2.75, 3.05) is 20.8 Å². The molecule has 1 heterocycles. The Bertz CT molecular complexity index is 1030. The van der Waals surface area contributed by atoms with Gasteiger partial charge in [-0.3, -0.25) is 0 Å². The van der Waals surface area contributed by atoms with Crippen LogP contribution in [0.1, 0.15) is 12.5 Å². The van der Waals surface area contributed by atoms with E-state index in [0.29, 0.717) is 23.9 Å². The van der Waals surface area contributed by atoms with Crippen molar-refractivity contribution in [3.63, 3.8) is 0 Å². The highest BCUT2D eigenvalue weighted by Gasteiger charge is 2.14. The summed E-state index contributed by atoms with van der Waals surface area (Å²) in [6, 6.07) is 12.2. The van der Waals surface area contributed by atoms with E-state index >= 15 is 0 Å². The molecule has 0 amide bonds. The van der Waals surface area contributed by atoms with Crippen molar-refractivity contribution >= 4 is 12.2 Å². The normalized spacial score (nSPS) is 12.0. The van der Waals surface area contributed by atoms with Crippen LogP contribution in [0.15, 0.2) is 42.5 Å². The zero-order valence-corrected chi connectivity index (χ0v) is 17.9. The van der Waals surface area contributed by atoms with Crippen LogP contribution in [0.4, 0.5) is 4.39 Å². The number of ether oxygens (including phenoxy) is 2. The van der Waals surface area contributed by atoms with Crippen molar-refractivity contribution < 1.29 is 18.8 Å². The summed E-state index contributed by atoms with van der Waals surface area (Å²) in [5.74, 6) is 1.91. The second-order valence-corrected chi connectivity index (χ2v) is 7.25. The molecule has 154 valence electrons. The first kappa shape index (κ1) is 21.0. The van der Waals surface area contributed by atoms with Gasteiger partial charge in [0.1, 0.15) is 12.4 Å². The lowest BCUT2D eigenvalue weighted by Crippen LogP contribution is -3.07. The van der Waals surface area contributed by atoms with Crippen molar-refractivity contribution in [3.8, 4) is 22.9 Å². The standard InChI is InChI=1S/C21H25FN4O2S/c1-5-28-18-11-6-15(12-19(18)27-4)13-24(2)14-26-21(29)25(3)20(23-26)16-7-9-17(22)10-8-16/h6-12H,5,13-14H2,1-4H3/p+1. The minimum Gasteiger partial charge on any atom is -0.493 e. The van der Waals surface area contributed by atoms with Crippen LogP contribution in [-0.2, 0) is 20.3 Å². The van der Waals surface area contributed by atoms with Crippen LogP contribution in [-0.4, -0.2) is 35.1 Å². The highest BCUT2D eigenvalue weighted by Crippen LogP contribution is 2.27. The number of aromatic nitrogens is 3. The summed E-state index contributed by atoms with van der Waals surface area (Å²) in [7, 11) is 5.59. The number of benzene rings is 2. The van der Waals surface area contributed by atoms with E-state index in [0.717, 1.165) is 29.2 Å². The van der Waals surface area contributed by atoms with Gasteiger partial charge in [0, 0.05) is 18.2 Å². The van der Waals surface area contributed by atoms with Gasteiger partial charge >= 0.3 is 0 Å². The summed E-state index contributed by atoms with van der Waals surface area (Å²) >= 11 is 5.55. The van der Waals surface area contributed by atoms with Crippen molar-refractivity contribution in [1.29, 1.82) is 0 Å². The average molecular weight is 418 g/mol. The third-order valence-corrected chi connectivity index (χ3v) is 5.08. The summed E-state index contributed by atoms with van der Waals surface area (Å²) in [6.45, 7) is 3.91. The number of hydrogen-bond acceptors (Lipinski definition) is 4. The quantitative estimate of drug-likeness (QED) is 0.573. The summed E-state index contributed by atoms with van der Waals surface area (Å²) in [6.07, 6.45) is 0. The van der Waals surface area contributed by atoms with Crippen LogP contribution in [0.25, 0.3) is 11.4 Å². The Labute approximate surface area is 175 Å². The number of quaternary nitrogens is 1. The molecule has 0 radical (unpaired) electrons. The molecule has 29 heavy (non-hydrogen) atoms. The van der Waals surface area contributed by atoms with E-state index < -0.39 is 0 Å². The molecular formula is C21H26FN4O2S+. The fourth-order valence-electron chi connectivity index (χ4n) is 3.20. The summed E-state index contributed by atoms with van der Waals surface area (Å²) < 4.78 is 28.5. The van der Waals surface area contributed by atoms with Gasteiger partial charge in [0.25, 0.3) is 0 Å². The molecule has 0 aliphatic heterocycles. The molecule has 0 saturated carbocycles. The Kier molecular flexibility index (Phi) is 6.66. The molecule has 0 fully saturated rings. The Hall–Kier alpha value is -2.71. The summed E-state index contributed by atoms with van der Waals surface area (Å²) in [4.78, 5) is 1.20. The Morgan fingerprint density at radius 1 is 1.14 bits per heavy atom. The van der Waals surface area contributed by atoms with E-state index in [1.54, 1.807) is 23.9 Å². The first-order chi connectivity index (χ1) is 13.9. The van der Waals surface area contributed by atoms with Gasteiger partial charge in [-0.2, -0.15) is 4.68 Å². The van der Waals surface area contributed by atoms with Gasteiger partial charge < -0.3 is 18.9 Å². The molecule has 6 nitrogen and oxygen atoms in total. The highest BCUT2D eigenvalue weighted by molar-refractivity contribution is 7.71. The van der Waals surface area contributed by atoms with Gasteiger partial charge in [-0.1, -0.05) is 0 Å². The van der Waals surface area contributed by atoms with E-state index in [1.807, 2.05) is 36.7 Å². The van der Waals surface area contributed by atoms with E-state index in [2.05, 4.69) is 12.1 Å².